The maximum atomic E-state index is 13.1. The quantitative estimate of drug-likeness (QED) is 0.473. The Morgan fingerprint density at radius 1 is 1.09 bits per heavy atom. The van der Waals surface area contributed by atoms with Gasteiger partial charge in [0.1, 0.15) is 6.04 Å². The van der Waals surface area contributed by atoms with Gasteiger partial charge in [0.15, 0.2) is 11.5 Å². The smallest absolute Gasteiger partial charge is 0.322 e. The van der Waals surface area contributed by atoms with Gasteiger partial charge in [-0.25, -0.2) is 8.42 Å². The molecule has 1 atom stereocenters. The minimum absolute atomic E-state index is 0.0593. The van der Waals surface area contributed by atoms with E-state index in [9.17, 15) is 13.2 Å². The number of sulfonamides is 1. The average Bonchev–Trinajstić information content (AvgIpc) is 3.54. The zero-order valence-electron chi connectivity index (χ0n) is 19.1. The van der Waals surface area contributed by atoms with Gasteiger partial charge in [-0.3, -0.25) is 10.1 Å². The van der Waals surface area contributed by atoms with Crippen LogP contribution in [0.5, 0.6) is 17.2 Å². The first-order valence-corrected chi connectivity index (χ1v) is 12.3. The van der Waals surface area contributed by atoms with E-state index in [0.29, 0.717) is 40.7 Å². The molecule has 35 heavy (non-hydrogen) atoms. The Balaban J connectivity index is 1.54. The molecule has 3 aromatic rings. The molecule has 0 bridgehead atoms. The van der Waals surface area contributed by atoms with E-state index in [1.165, 1.54) is 49.9 Å². The van der Waals surface area contributed by atoms with Crippen LogP contribution in [-0.4, -0.2) is 62.7 Å². The Morgan fingerprint density at radius 3 is 2.34 bits per heavy atom. The highest BCUT2D eigenvalue weighted by atomic mass is 35.5. The first-order valence-electron chi connectivity index (χ1n) is 10.5. The van der Waals surface area contributed by atoms with Gasteiger partial charge in [0, 0.05) is 17.1 Å². The summed E-state index contributed by atoms with van der Waals surface area (Å²) in [7, 11) is 0.548. The van der Waals surface area contributed by atoms with Crippen LogP contribution in [0, 0.1) is 0 Å². The van der Waals surface area contributed by atoms with Crippen molar-refractivity contribution in [2.75, 3.05) is 33.2 Å². The third kappa shape index (κ3) is 4.90. The monoisotopic (exact) mass is 522 g/mol. The van der Waals surface area contributed by atoms with Crippen molar-refractivity contribution in [1.82, 2.24) is 14.5 Å². The molecule has 1 amide bonds. The number of amides is 1. The summed E-state index contributed by atoms with van der Waals surface area (Å²) in [5, 5.41) is 10.8. The molecule has 1 aliphatic heterocycles. The lowest BCUT2D eigenvalue weighted by Crippen LogP contribution is -2.43. The van der Waals surface area contributed by atoms with E-state index >= 15 is 0 Å². The van der Waals surface area contributed by atoms with Crippen molar-refractivity contribution in [3.8, 4) is 28.7 Å². The van der Waals surface area contributed by atoms with Crippen LogP contribution in [0.1, 0.15) is 12.8 Å². The second-order valence-corrected chi connectivity index (χ2v) is 9.87. The summed E-state index contributed by atoms with van der Waals surface area (Å²) in [5.74, 6) is 0.700. The maximum absolute atomic E-state index is 13.1. The van der Waals surface area contributed by atoms with Gasteiger partial charge in [-0.1, -0.05) is 16.7 Å². The van der Waals surface area contributed by atoms with Crippen molar-refractivity contribution in [2.24, 2.45) is 0 Å². The normalized spacial score (nSPS) is 16.2. The predicted octanol–water partition coefficient (Wildman–Crippen LogP) is 3.21. The molecule has 4 rings (SSSR count). The second-order valence-electron chi connectivity index (χ2n) is 7.54. The fraction of sp³-hybridized carbons (Fsp3) is 0.318. The second kappa shape index (κ2) is 10.1. The van der Waals surface area contributed by atoms with Gasteiger partial charge in [-0.2, -0.15) is 4.31 Å². The SMILES string of the molecule is COc1cc(-c2nnc(NC(=O)C3CCCN3S(=O)(=O)c3ccc(Cl)cc3)o2)cc(OC)c1OC. The number of hydrogen-bond donors (Lipinski definition) is 1. The highest BCUT2D eigenvalue weighted by molar-refractivity contribution is 7.89. The summed E-state index contributed by atoms with van der Waals surface area (Å²) in [6.45, 7) is 0.212. The molecule has 1 N–H and O–H groups in total. The Kier molecular flexibility index (Phi) is 7.15. The van der Waals surface area contributed by atoms with Crippen LogP contribution in [0.3, 0.4) is 0 Å². The number of carbonyl (C=O) groups excluding carboxylic acids is 1. The molecule has 0 spiro atoms. The van der Waals surface area contributed by atoms with Gasteiger partial charge in [-0.15, -0.1) is 5.10 Å². The fourth-order valence-corrected chi connectivity index (χ4v) is 5.60. The van der Waals surface area contributed by atoms with E-state index in [4.69, 9.17) is 30.2 Å². The Bertz CT molecular complexity index is 1300. The molecule has 1 saturated heterocycles. The number of aromatic nitrogens is 2. The van der Waals surface area contributed by atoms with Gasteiger partial charge in [-0.05, 0) is 49.2 Å². The number of nitrogens with one attached hydrogen (secondary N) is 1. The minimum atomic E-state index is -3.89. The standard InChI is InChI=1S/C22H23ClN4O7S/c1-31-17-11-13(12-18(32-2)19(17)33-3)21-25-26-22(34-21)24-20(28)16-5-4-10-27(16)35(29,30)15-8-6-14(23)7-9-15/h6-9,11-12,16H,4-5,10H2,1-3H3,(H,24,26,28). The molecular weight excluding hydrogens is 500 g/mol. The highest BCUT2D eigenvalue weighted by Gasteiger charge is 2.40. The van der Waals surface area contributed by atoms with Crippen molar-refractivity contribution in [2.45, 2.75) is 23.8 Å². The molecule has 0 aliphatic carbocycles. The van der Waals surface area contributed by atoms with Gasteiger partial charge in [0.05, 0.1) is 26.2 Å². The first kappa shape index (κ1) is 24.8. The summed E-state index contributed by atoms with van der Waals surface area (Å²) >= 11 is 5.87. The van der Waals surface area contributed by atoms with E-state index in [2.05, 4.69) is 15.5 Å². The Labute approximate surface area is 207 Å². The van der Waals surface area contributed by atoms with Gasteiger partial charge < -0.3 is 18.6 Å². The van der Waals surface area contributed by atoms with Crippen LogP contribution in [0.2, 0.25) is 5.02 Å². The first-order chi connectivity index (χ1) is 16.8. The van der Waals surface area contributed by atoms with E-state index in [1.54, 1.807) is 12.1 Å². The topological polar surface area (TPSA) is 133 Å². The number of carbonyl (C=O) groups is 1. The molecule has 2 aromatic carbocycles. The molecule has 13 heteroatoms. The van der Waals surface area contributed by atoms with Crippen LogP contribution >= 0.6 is 11.6 Å². The number of methoxy groups -OCH3 is 3. The lowest BCUT2D eigenvalue weighted by atomic mass is 10.2. The van der Waals surface area contributed by atoms with Crippen molar-refractivity contribution in [1.29, 1.82) is 0 Å². The van der Waals surface area contributed by atoms with Crippen LogP contribution in [0.4, 0.5) is 6.01 Å². The fourth-order valence-electron chi connectivity index (χ4n) is 3.82. The van der Waals surface area contributed by atoms with E-state index < -0.39 is 22.0 Å². The summed E-state index contributed by atoms with van der Waals surface area (Å²) in [5.41, 5.74) is 0.473. The number of anilines is 1. The van der Waals surface area contributed by atoms with Crippen LogP contribution < -0.4 is 19.5 Å². The molecule has 0 saturated carbocycles. The zero-order chi connectivity index (χ0) is 25.2. The van der Waals surface area contributed by atoms with Crippen molar-refractivity contribution in [3.63, 3.8) is 0 Å². The molecule has 1 aliphatic rings. The van der Waals surface area contributed by atoms with Crippen LogP contribution in [0.25, 0.3) is 11.5 Å². The van der Waals surface area contributed by atoms with E-state index in [-0.39, 0.29) is 23.3 Å². The van der Waals surface area contributed by atoms with Crippen LogP contribution in [-0.2, 0) is 14.8 Å². The zero-order valence-corrected chi connectivity index (χ0v) is 20.7. The predicted molar refractivity (Wildman–Crippen MR) is 126 cm³/mol. The molecule has 1 unspecified atom stereocenters. The van der Waals surface area contributed by atoms with Gasteiger partial charge >= 0.3 is 6.01 Å². The summed E-state index contributed by atoms with van der Waals surface area (Å²) < 4.78 is 48.9. The number of hydrogen-bond acceptors (Lipinski definition) is 9. The van der Waals surface area contributed by atoms with Crippen LogP contribution in [0.15, 0.2) is 45.7 Å². The van der Waals surface area contributed by atoms with Crippen molar-refractivity contribution >= 4 is 33.5 Å². The molecule has 1 fully saturated rings. The van der Waals surface area contributed by atoms with E-state index in [0.717, 1.165) is 0 Å². The van der Waals surface area contributed by atoms with Crippen molar-refractivity contribution in [3.05, 3.63) is 41.4 Å². The van der Waals surface area contributed by atoms with Gasteiger partial charge in [0.25, 0.3) is 0 Å². The maximum Gasteiger partial charge on any atom is 0.322 e. The lowest BCUT2D eigenvalue weighted by molar-refractivity contribution is -0.119. The lowest BCUT2D eigenvalue weighted by Gasteiger charge is -2.22. The molecule has 11 nitrogen and oxygen atoms in total. The highest BCUT2D eigenvalue weighted by Crippen LogP contribution is 2.41. The van der Waals surface area contributed by atoms with Crippen molar-refractivity contribution < 1.29 is 31.8 Å². The molecule has 1 aromatic heterocycles. The Morgan fingerprint density at radius 2 is 1.74 bits per heavy atom. The number of rotatable bonds is 8. The average molecular weight is 523 g/mol. The molecule has 2 heterocycles. The summed E-state index contributed by atoms with van der Waals surface area (Å²) in [4.78, 5) is 13.0. The molecular formula is C22H23ClN4O7S. The van der Waals surface area contributed by atoms with E-state index in [1.807, 2.05) is 0 Å². The Hall–Kier alpha value is -3.35. The molecule has 0 radical (unpaired) electrons. The summed E-state index contributed by atoms with van der Waals surface area (Å²) in [6.07, 6.45) is 0.887. The number of ether oxygens (including phenoxy) is 3. The summed E-state index contributed by atoms with van der Waals surface area (Å²) in [6, 6.07) is 7.95. The largest absolute Gasteiger partial charge is 0.493 e. The van der Waals surface area contributed by atoms with Gasteiger partial charge in [0.2, 0.25) is 27.6 Å². The minimum Gasteiger partial charge on any atom is -0.493 e. The third-order valence-electron chi connectivity index (χ3n) is 5.49. The third-order valence-corrected chi connectivity index (χ3v) is 7.67. The molecule has 186 valence electrons. The number of halogens is 1. The number of nitrogens with zero attached hydrogens (tertiary/aromatic N) is 3. The number of benzene rings is 2.